The van der Waals surface area contributed by atoms with E-state index in [0.717, 1.165) is 5.57 Å². The lowest BCUT2D eigenvalue weighted by atomic mass is 10.2. The molecule has 0 aliphatic carbocycles. The van der Waals surface area contributed by atoms with Gasteiger partial charge in [0.15, 0.2) is 0 Å². The third-order valence-corrected chi connectivity index (χ3v) is 2.51. The Hall–Kier alpha value is -3.02. The second-order valence-electron chi connectivity index (χ2n) is 5.19. The molecule has 0 aromatic rings. The smallest absolute Gasteiger partial charge is 0.331 e. The van der Waals surface area contributed by atoms with Gasteiger partial charge in [-0.15, -0.1) is 0 Å². The van der Waals surface area contributed by atoms with Crippen molar-refractivity contribution in [1.82, 2.24) is 0 Å². The van der Waals surface area contributed by atoms with E-state index in [1.54, 1.807) is 38.2 Å². The van der Waals surface area contributed by atoms with E-state index in [1.165, 1.54) is 25.2 Å². The van der Waals surface area contributed by atoms with Crippen LogP contribution in [0.15, 0.2) is 48.1 Å². The van der Waals surface area contributed by atoms with Crippen LogP contribution in [0.1, 0.15) is 27.2 Å². The summed E-state index contributed by atoms with van der Waals surface area (Å²) in [7, 11) is 0. The molecule has 0 aliphatic heterocycles. The van der Waals surface area contributed by atoms with E-state index in [0.29, 0.717) is 6.42 Å². The molecule has 5 nitrogen and oxygen atoms in total. The molecule has 26 heavy (non-hydrogen) atoms. The van der Waals surface area contributed by atoms with Crippen LogP contribution in [-0.4, -0.2) is 36.4 Å². The molecule has 0 radical (unpaired) electrons. The maximum Gasteiger partial charge on any atom is 0.331 e. The summed E-state index contributed by atoms with van der Waals surface area (Å²) in [6.07, 6.45) is 11.0. The Balaban J connectivity index is 4.66. The van der Waals surface area contributed by atoms with Gasteiger partial charge in [0.1, 0.15) is 6.10 Å². The van der Waals surface area contributed by atoms with Gasteiger partial charge in [0.25, 0.3) is 0 Å². The number of aliphatic hydroxyl groups is 1. The molecule has 0 saturated carbocycles. The zero-order valence-electron chi connectivity index (χ0n) is 15.3. The number of carbonyl (C=O) groups excluding carboxylic acids is 2. The molecule has 0 bridgehead atoms. The molecule has 0 aromatic carbocycles. The first kappa shape index (κ1) is 23.0. The minimum absolute atomic E-state index is 0.0520. The van der Waals surface area contributed by atoms with Crippen molar-refractivity contribution in [2.45, 2.75) is 33.3 Å². The number of ether oxygens (including phenoxy) is 2. The fraction of sp³-hybridized carbons (Fsp3) is 0.333. The van der Waals surface area contributed by atoms with Crippen LogP contribution >= 0.6 is 0 Å². The number of allylic oxidation sites excluding steroid dienone is 5. The third kappa shape index (κ3) is 15.9. The molecule has 0 aliphatic rings. The van der Waals surface area contributed by atoms with E-state index in [-0.39, 0.29) is 19.2 Å². The van der Waals surface area contributed by atoms with Crippen LogP contribution in [0, 0.1) is 23.7 Å². The largest absolute Gasteiger partial charge is 0.466 e. The fourth-order valence-corrected chi connectivity index (χ4v) is 1.49. The Morgan fingerprint density at radius 2 is 1.77 bits per heavy atom. The van der Waals surface area contributed by atoms with Crippen molar-refractivity contribution >= 4 is 11.9 Å². The molecule has 1 atom stereocenters. The normalized spacial score (nSPS) is 11.4. The molecule has 5 heteroatoms. The number of hydrogen-bond donors (Lipinski definition) is 1. The van der Waals surface area contributed by atoms with E-state index < -0.39 is 12.1 Å². The first-order valence-corrected chi connectivity index (χ1v) is 8.04. The number of hydrogen-bond acceptors (Lipinski definition) is 5. The summed E-state index contributed by atoms with van der Waals surface area (Å²) < 4.78 is 10.2. The standard InChI is InChI=1S/C21H24O5/c1-18(2)17-21(24)26-20(14-16-25-19(3)23)13-11-9-7-5-4-6-8-10-12-15-22/h7,9-13,17,20,22H,14-16H2,1-3H3/b9-7-,12-10+,13-11+/t20-/m0/s1. The van der Waals surface area contributed by atoms with E-state index in [9.17, 15) is 9.59 Å². The summed E-state index contributed by atoms with van der Waals surface area (Å²) in [5.74, 6) is 9.75. The Labute approximate surface area is 155 Å². The predicted molar refractivity (Wildman–Crippen MR) is 101 cm³/mol. The lowest BCUT2D eigenvalue weighted by Gasteiger charge is -2.13. The minimum atomic E-state index is -0.515. The maximum absolute atomic E-state index is 11.7. The number of esters is 2. The Bertz CT molecular complexity index is 683. The summed E-state index contributed by atoms with van der Waals surface area (Å²) in [5, 5.41) is 8.52. The van der Waals surface area contributed by atoms with Gasteiger partial charge in [-0.25, -0.2) is 4.79 Å². The summed E-state index contributed by atoms with van der Waals surface area (Å²) in [6.45, 7) is 5.03. The van der Waals surface area contributed by atoms with Gasteiger partial charge in [-0.1, -0.05) is 35.6 Å². The predicted octanol–water partition coefficient (Wildman–Crippen LogP) is 2.49. The summed E-state index contributed by atoms with van der Waals surface area (Å²) in [5.41, 5.74) is 0.836. The summed E-state index contributed by atoms with van der Waals surface area (Å²) in [6, 6.07) is 0. The van der Waals surface area contributed by atoms with E-state index in [1.807, 2.05) is 0 Å². The Morgan fingerprint density at radius 1 is 1.08 bits per heavy atom. The van der Waals surface area contributed by atoms with Crippen molar-refractivity contribution in [3.63, 3.8) is 0 Å². The highest BCUT2D eigenvalue weighted by Crippen LogP contribution is 2.04. The van der Waals surface area contributed by atoms with Gasteiger partial charge in [-0.05, 0) is 43.9 Å². The van der Waals surface area contributed by atoms with Crippen LogP contribution < -0.4 is 0 Å². The SMILES string of the molecule is CC(=O)OCC[C@H](/C=C/C=C\C#CC#C/C=C/CO)OC(=O)C=C(C)C. The average Bonchev–Trinajstić information content (AvgIpc) is 2.55. The van der Waals surface area contributed by atoms with Crippen molar-refractivity contribution in [1.29, 1.82) is 0 Å². The highest BCUT2D eigenvalue weighted by Gasteiger charge is 2.10. The second kappa shape index (κ2) is 15.5. The quantitative estimate of drug-likeness (QED) is 0.313. The third-order valence-electron chi connectivity index (χ3n) is 2.51. The van der Waals surface area contributed by atoms with Crippen LogP contribution in [0.2, 0.25) is 0 Å². The van der Waals surface area contributed by atoms with E-state index >= 15 is 0 Å². The first-order chi connectivity index (χ1) is 12.5. The van der Waals surface area contributed by atoms with Crippen LogP contribution in [0.3, 0.4) is 0 Å². The van der Waals surface area contributed by atoms with Gasteiger partial charge < -0.3 is 14.6 Å². The lowest BCUT2D eigenvalue weighted by Crippen LogP contribution is -2.17. The van der Waals surface area contributed by atoms with Crippen molar-refractivity contribution in [3.8, 4) is 23.7 Å². The second-order valence-corrected chi connectivity index (χ2v) is 5.19. The Morgan fingerprint density at radius 3 is 2.38 bits per heavy atom. The van der Waals surface area contributed by atoms with Gasteiger partial charge in [-0.3, -0.25) is 4.79 Å². The Kier molecular flexibility index (Phi) is 13.7. The number of aliphatic hydroxyl groups excluding tert-OH is 1. The van der Waals surface area contributed by atoms with Gasteiger partial charge in [0.05, 0.1) is 13.2 Å². The van der Waals surface area contributed by atoms with Crippen LogP contribution in [0.25, 0.3) is 0 Å². The molecular formula is C21H24O5. The maximum atomic E-state index is 11.7. The zero-order chi connectivity index (χ0) is 19.6. The van der Waals surface area contributed by atoms with Crippen molar-refractivity contribution in [2.24, 2.45) is 0 Å². The molecular weight excluding hydrogens is 332 g/mol. The average molecular weight is 356 g/mol. The molecule has 0 heterocycles. The van der Waals surface area contributed by atoms with E-state index in [2.05, 4.69) is 23.7 Å². The fourth-order valence-electron chi connectivity index (χ4n) is 1.49. The lowest BCUT2D eigenvalue weighted by molar-refractivity contribution is -0.144. The van der Waals surface area contributed by atoms with Crippen molar-refractivity contribution in [2.75, 3.05) is 13.2 Å². The van der Waals surface area contributed by atoms with Gasteiger partial charge in [-0.2, -0.15) is 0 Å². The zero-order valence-corrected chi connectivity index (χ0v) is 15.3. The molecule has 0 fully saturated rings. The molecule has 1 N–H and O–H groups in total. The summed E-state index contributed by atoms with van der Waals surface area (Å²) in [4.78, 5) is 22.6. The number of rotatable bonds is 8. The topological polar surface area (TPSA) is 72.8 Å². The monoisotopic (exact) mass is 356 g/mol. The van der Waals surface area contributed by atoms with Gasteiger partial charge >= 0.3 is 11.9 Å². The highest BCUT2D eigenvalue weighted by molar-refractivity contribution is 5.82. The highest BCUT2D eigenvalue weighted by atomic mass is 16.6. The first-order valence-electron chi connectivity index (χ1n) is 8.04. The molecule has 0 amide bonds. The van der Waals surface area contributed by atoms with Crippen molar-refractivity contribution < 1.29 is 24.2 Å². The van der Waals surface area contributed by atoms with Crippen molar-refractivity contribution in [3.05, 3.63) is 48.1 Å². The van der Waals surface area contributed by atoms with Gasteiger partial charge in [0.2, 0.25) is 0 Å². The molecule has 0 spiro atoms. The molecule has 0 aromatic heterocycles. The van der Waals surface area contributed by atoms with Crippen LogP contribution in [0.4, 0.5) is 0 Å². The molecule has 0 saturated heterocycles. The van der Waals surface area contributed by atoms with E-state index in [4.69, 9.17) is 14.6 Å². The molecule has 0 rings (SSSR count). The number of carbonyl (C=O) groups is 2. The molecule has 138 valence electrons. The minimum Gasteiger partial charge on any atom is -0.466 e. The van der Waals surface area contributed by atoms with Crippen LogP contribution in [0.5, 0.6) is 0 Å². The van der Waals surface area contributed by atoms with Gasteiger partial charge in [0, 0.05) is 19.4 Å². The summed E-state index contributed by atoms with van der Waals surface area (Å²) >= 11 is 0. The molecule has 0 unspecified atom stereocenters. The van der Waals surface area contributed by atoms with Crippen LogP contribution in [-0.2, 0) is 19.1 Å².